The predicted octanol–water partition coefficient (Wildman–Crippen LogP) is 5.96. The molecule has 3 aromatic heterocycles. The number of hydrogen-bond donors (Lipinski definition) is 3. The highest BCUT2D eigenvalue weighted by molar-refractivity contribution is 5.92. The van der Waals surface area contributed by atoms with Crippen LogP contribution in [0.1, 0.15) is 33.3 Å². The van der Waals surface area contributed by atoms with Crippen molar-refractivity contribution in [1.29, 1.82) is 0 Å². The average Bonchev–Trinajstić information content (AvgIpc) is 3.53. The summed E-state index contributed by atoms with van der Waals surface area (Å²) in [6, 6.07) is 13.1. The van der Waals surface area contributed by atoms with Crippen molar-refractivity contribution in [1.82, 2.24) is 35.4 Å². The largest absolute Gasteiger partial charge is 0.494 e. The molecule has 16 nitrogen and oxygen atoms in total. The highest BCUT2D eigenvalue weighted by Crippen LogP contribution is 2.35. The molecule has 304 valence electrons. The third kappa shape index (κ3) is 12.2. The number of alkyl carbamates (subject to hydrolysis) is 1. The average molecular weight is 793 g/mol. The Morgan fingerprint density at radius 2 is 1.61 bits per heavy atom. The summed E-state index contributed by atoms with van der Waals surface area (Å²) in [6.07, 6.45) is 3.05. The molecule has 0 spiro atoms. The number of anilines is 2. The summed E-state index contributed by atoms with van der Waals surface area (Å²) >= 11 is 0. The van der Waals surface area contributed by atoms with Crippen molar-refractivity contribution in [2.75, 3.05) is 64.2 Å². The maximum Gasteiger partial charge on any atom is 0.407 e. The van der Waals surface area contributed by atoms with Crippen LogP contribution in [-0.4, -0.2) is 107 Å². The van der Waals surface area contributed by atoms with Crippen molar-refractivity contribution in [3.05, 3.63) is 84.3 Å². The van der Waals surface area contributed by atoms with Gasteiger partial charge in [0.05, 0.1) is 51.3 Å². The Hall–Kier alpha value is -6.14. The Morgan fingerprint density at radius 3 is 2.32 bits per heavy atom. The van der Waals surface area contributed by atoms with Gasteiger partial charge in [-0.15, -0.1) is 0 Å². The van der Waals surface area contributed by atoms with Crippen molar-refractivity contribution >= 4 is 34.6 Å². The number of carboxylic acid groups (broad SMARTS) is 1. The lowest BCUT2D eigenvalue weighted by Crippen LogP contribution is -2.34. The molecule has 3 heterocycles. The smallest absolute Gasteiger partial charge is 0.407 e. The van der Waals surface area contributed by atoms with E-state index < -0.39 is 29.4 Å². The zero-order chi connectivity index (χ0) is 40.8. The monoisotopic (exact) mass is 792 g/mol. The van der Waals surface area contributed by atoms with Gasteiger partial charge in [0, 0.05) is 60.8 Å². The first-order valence-corrected chi connectivity index (χ1v) is 18.3. The first-order chi connectivity index (χ1) is 27.4. The van der Waals surface area contributed by atoms with Crippen LogP contribution >= 0.6 is 0 Å². The second kappa shape index (κ2) is 20.1. The van der Waals surface area contributed by atoms with E-state index in [0.29, 0.717) is 33.9 Å². The van der Waals surface area contributed by atoms with E-state index in [2.05, 4.69) is 20.6 Å². The van der Waals surface area contributed by atoms with Gasteiger partial charge in [0.1, 0.15) is 35.3 Å². The molecule has 5 aromatic rings. The second-order valence-electron chi connectivity index (χ2n) is 13.3. The second-order valence-corrected chi connectivity index (χ2v) is 13.3. The van der Waals surface area contributed by atoms with Crippen molar-refractivity contribution < 1.29 is 47.2 Å². The minimum Gasteiger partial charge on any atom is -0.494 e. The number of pyridine rings is 1. The summed E-state index contributed by atoms with van der Waals surface area (Å²) < 4.78 is 60.0. The van der Waals surface area contributed by atoms with Crippen LogP contribution in [0.5, 0.6) is 11.5 Å². The van der Waals surface area contributed by atoms with Gasteiger partial charge in [-0.25, -0.2) is 28.3 Å². The van der Waals surface area contributed by atoms with E-state index in [1.54, 1.807) is 64.4 Å². The van der Waals surface area contributed by atoms with Crippen LogP contribution in [0.25, 0.3) is 22.4 Å². The van der Waals surface area contributed by atoms with Crippen molar-refractivity contribution in [3.8, 4) is 23.0 Å². The Morgan fingerprint density at radius 1 is 0.912 bits per heavy atom. The van der Waals surface area contributed by atoms with E-state index in [1.165, 1.54) is 10.9 Å². The molecule has 2 aromatic carbocycles. The van der Waals surface area contributed by atoms with Gasteiger partial charge in [-0.3, -0.25) is 9.67 Å². The standard InChI is InChI=1S/C39H46F2N8O8/c1-5-55-27-22-30(40)29(31(41)23-27)25-49-32-9-7-6-8-28(32)34(47-49)35-45-24-33(56-21-20-54-18-15-44-38(52)57-39(2,3)4)36(46-35)48(26-10-12-42-13-11-26)16-19-53-17-14-43-37(50)51/h6-13,22-24,43H,5,14-21,25H2,1-4H3,(H,44,52)(H,50,51). The highest BCUT2D eigenvalue weighted by Gasteiger charge is 2.23. The number of amides is 2. The third-order valence-electron chi connectivity index (χ3n) is 7.95. The Labute approximate surface area is 328 Å². The van der Waals surface area contributed by atoms with E-state index in [4.69, 9.17) is 38.9 Å². The number of carbonyl (C=O) groups is 2. The lowest BCUT2D eigenvalue weighted by atomic mass is 10.1. The Kier molecular flexibility index (Phi) is 14.9. The third-order valence-corrected chi connectivity index (χ3v) is 7.95. The molecule has 3 N–H and O–H groups in total. The van der Waals surface area contributed by atoms with Crippen LogP contribution < -0.4 is 25.0 Å². The number of halogens is 2. The Bertz CT molecular complexity index is 2080. The highest BCUT2D eigenvalue weighted by atomic mass is 19.1. The van der Waals surface area contributed by atoms with Crippen LogP contribution in [0.4, 0.5) is 29.9 Å². The molecule has 0 saturated carbocycles. The summed E-state index contributed by atoms with van der Waals surface area (Å²) in [5.74, 6) is -0.606. The minimum atomic E-state index is -1.15. The van der Waals surface area contributed by atoms with Crippen molar-refractivity contribution in [2.24, 2.45) is 0 Å². The molecule has 18 heteroatoms. The lowest BCUT2D eigenvalue weighted by Gasteiger charge is -2.26. The topological polar surface area (TPSA) is 184 Å². The number of hydrogen-bond acceptors (Lipinski definition) is 12. The van der Waals surface area contributed by atoms with Crippen molar-refractivity contribution in [3.63, 3.8) is 0 Å². The number of rotatable bonds is 20. The molecule has 0 radical (unpaired) electrons. The maximum absolute atomic E-state index is 15.2. The van der Waals surface area contributed by atoms with Gasteiger partial charge in [0.25, 0.3) is 0 Å². The fraction of sp³-hybridized carbons (Fsp3) is 0.385. The normalized spacial score (nSPS) is 11.3. The maximum atomic E-state index is 15.2. The fourth-order valence-electron chi connectivity index (χ4n) is 5.54. The van der Waals surface area contributed by atoms with Gasteiger partial charge in [0.2, 0.25) is 0 Å². The summed E-state index contributed by atoms with van der Waals surface area (Å²) in [7, 11) is 0. The first kappa shape index (κ1) is 42.0. The lowest BCUT2D eigenvalue weighted by molar-refractivity contribution is 0.0488. The minimum absolute atomic E-state index is 0.0911. The number of fused-ring (bicyclic) bond motifs is 1. The molecular weight excluding hydrogens is 746 g/mol. The summed E-state index contributed by atoms with van der Waals surface area (Å²) in [4.78, 5) is 38.4. The molecule has 0 unspecified atom stereocenters. The van der Waals surface area contributed by atoms with Gasteiger partial charge in [-0.05, 0) is 45.9 Å². The molecule has 2 amide bonds. The van der Waals surface area contributed by atoms with Gasteiger partial charge in [-0.2, -0.15) is 5.10 Å². The number of nitrogens with one attached hydrogen (secondary N) is 2. The van der Waals surface area contributed by atoms with E-state index in [9.17, 15) is 9.59 Å². The van der Waals surface area contributed by atoms with Crippen LogP contribution in [0.3, 0.4) is 0 Å². The Balaban J connectivity index is 1.43. The quantitative estimate of drug-likeness (QED) is 0.0786. The number of aromatic nitrogens is 5. The molecule has 5 rings (SSSR count). The number of nitrogens with zero attached hydrogens (tertiary/aromatic N) is 6. The predicted molar refractivity (Wildman–Crippen MR) is 206 cm³/mol. The molecule has 0 atom stereocenters. The molecule has 0 fully saturated rings. The van der Waals surface area contributed by atoms with Gasteiger partial charge >= 0.3 is 12.2 Å². The van der Waals surface area contributed by atoms with E-state index in [-0.39, 0.29) is 83.0 Å². The number of para-hydroxylation sites is 1. The molecule has 0 bridgehead atoms. The fourth-order valence-corrected chi connectivity index (χ4v) is 5.54. The number of benzene rings is 2. The molecule has 0 saturated heterocycles. The van der Waals surface area contributed by atoms with Crippen LogP contribution in [-0.2, 0) is 20.8 Å². The van der Waals surface area contributed by atoms with Crippen LogP contribution in [0.15, 0.2) is 67.1 Å². The zero-order valence-corrected chi connectivity index (χ0v) is 32.2. The van der Waals surface area contributed by atoms with E-state index in [1.807, 2.05) is 17.0 Å². The zero-order valence-electron chi connectivity index (χ0n) is 32.2. The summed E-state index contributed by atoms with van der Waals surface area (Å²) in [5, 5.41) is 19.2. The molecule has 0 aliphatic heterocycles. The van der Waals surface area contributed by atoms with Crippen LogP contribution in [0.2, 0.25) is 0 Å². The van der Waals surface area contributed by atoms with E-state index in [0.717, 1.165) is 12.1 Å². The molecule has 0 aliphatic carbocycles. The van der Waals surface area contributed by atoms with Gasteiger partial charge in [0.15, 0.2) is 17.4 Å². The number of ether oxygens (including phenoxy) is 5. The van der Waals surface area contributed by atoms with Crippen molar-refractivity contribution in [2.45, 2.75) is 39.8 Å². The van der Waals surface area contributed by atoms with Gasteiger partial charge < -0.3 is 44.3 Å². The summed E-state index contributed by atoms with van der Waals surface area (Å²) in [5.41, 5.74) is 0.835. The van der Waals surface area contributed by atoms with E-state index >= 15 is 8.78 Å². The van der Waals surface area contributed by atoms with Crippen LogP contribution in [0, 0.1) is 11.6 Å². The summed E-state index contributed by atoms with van der Waals surface area (Å²) in [6.45, 7) is 8.46. The molecular formula is C39H46F2N8O8. The molecule has 0 aliphatic rings. The first-order valence-electron chi connectivity index (χ1n) is 18.3. The number of carbonyl (C=O) groups excluding carboxylic acids is 1. The SMILES string of the molecule is CCOc1cc(F)c(Cn2nc(-c3ncc(OCCOCCNC(=O)OC(C)(C)C)c(N(CCOCCNC(=O)O)c4ccncc4)n3)c3ccccc32)c(F)c1. The van der Waals surface area contributed by atoms with Gasteiger partial charge in [-0.1, -0.05) is 18.2 Å². The molecule has 57 heavy (non-hydrogen) atoms.